The van der Waals surface area contributed by atoms with Crippen LogP contribution in [0.2, 0.25) is 0 Å². The quantitative estimate of drug-likeness (QED) is 0.0445. The van der Waals surface area contributed by atoms with Crippen molar-refractivity contribution in [1.82, 2.24) is 16.0 Å². The Morgan fingerprint density at radius 2 is 1.18 bits per heavy atom. The minimum atomic E-state index is -1.22. The van der Waals surface area contributed by atoms with Crippen LogP contribution in [0.5, 0.6) is 0 Å². The van der Waals surface area contributed by atoms with Crippen LogP contribution in [0.15, 0.2) is 4.99 Å². The van der Waals surface area contributed by atoms with E-state index in [1.54, 1.807) is 0 Å². The van der Waals surface area contributed by atoms with Gasteiger partial charge in [-0.15, -0.1) is 0 Å². The molecule has 0 bridgehead atoms. The van der Waals surface area contributed by atoms with Crippen LogP contribution in [0.4, 0.5) is 0 Å². The number of nitrogens with zero attached hydrogens (tertiary/aromatic N) is 1. The highest BCUT2D eigenvalue weighted by atomic mass is 16.4. The van der Waals surface area contributed by atoms with E-state index in [0.29, 0.717) is 58.0 Å². The predicted octanol–water partition coefficient (Wildman–Crippen LogP) is -1.79. The number of hydrogen-bond acceptors (Lipinski definition) is 8. The van der Waals surface area contributed by atoms with Crippen molar-refractivity contribution in [2.75, 3.05) is 19.6 Å². The van der Waals surface area contributed by atoms with Crippen molar-refractivity contribution in [2.24, 2.45) is 39.6 Å². The van der Waals surface area contributed by atoms with Gasteiger partial charge in [0.2, 0.25) is 17.7 Å². The number of carbonyl (C=O) groups excluding carboxylic acids is 3. The highest BCUT2D eigenvalue weighted by molar-refractivity contribution is 5.94. The molecule has 0 fully saturated rings. The number of aliphatic carboxylic acids is 1. The summed E-state index contributed by atoms with van der Waals surface area (Å²) in [5, 5.41) is 17.4. The van der Waals surface area contributed by atoms with Crippen molar-refractivity contribution < 1.29 is 24.3 Å². The maximum absolute atomic E-state index is 13.2. The van der Waals surface area contributed by atoms with Gasteiger partial charge in [-0.05, 0) is 76.8 Å². The second-order valence-electron chi connectivity index (χ2n) is 9.78. The number of amides is 3. The van der Waals surface area contributed by atoms with Crippen molar-refractivity contribution in [3.8, 4) is 0 Å². The number of rotatable bonds is 21. The van der Waals surface area contributed by atoms with E-state index in [1.165, 1.54) is 0 Å². The third-order valence-corrected chi connectivity index (χ3v) is 5.78. The van der Waals surface area contributed by atoms with Gasteiger partial charge in [0.05, 0.1) is 6.04 Å². The van der Waals surface area contributed by atoms with E-state index >= 15 is 0 Å². The SMILES string of the molecule is CC(C)CC(N)C(=O)NC(CCCCN)C(=O)NC(CCCCN)C(=O)NC(CCCN=C(N)N)C(=O)O. The Labute approximate surface area is 225 Å². The van der Waals surface area contributed by atoms with Gasteiger partial charge in [0.1, 0.15) is 18.1 Å². The van der Waals surface area contributed by atoms with Crippen molar-refractivity contribution in [2.45, 2.75) is 95.8 Å². The number of hydrogen-bond donors (Lipinski definition) is 9. The molecule has 0 aliphatic rings. The molecule has 0 saturated carbocycles. The summed E-state index contributed by atoms with van der Waals surface area (Å²) < 4.78 is 0. The number of nitrogens with one attached hydrogen (secondary N) is 3. The summed E-state index contributed by atoms with van der Waals surface area (Å²) in [5.41, 5.74) is 27.7. The van der Waals surface area contributed by atoms with Crippen LogP contribution in [-0.2, 0) is 19.2 Å². The zero-order valence-corrected chi connectivity index (χ0v) is 22.8. The summed E-state index contributed by atoms with van der Waals surface area (Å²) in [6, 6.07) is -3.92. The van der Waals surface area contributed by atoms with E-state index in [0.717, 1.165) is 0 Å². The first kappa shape index (κ1) is 35.0. The Morgan fingerprint density at radius 1 is 0.737 bits per heavy atom. The molecule has 4 atom stereocenters. The second kappa shape index (κ2) is 20.1. The van der Waals surface area contributed by atoms with Gasteiger partial charge in [-0.3, -0.25) is 19.4 Å². The molecule has 0 spiro atoms. The average molecular weight is 544 g/mol. The number of unbranched alkanes of at least 4 members (excludes halogenated alkanes) is 2. The van der Waals surface area contributed by atoms with E-state index < -0.39 is 47.9 Å². The Hall–Kier alpha value is -2.97. The van der Waals surface area contributed by atoms with Gasteiger partial charge >= 0.3 is 5.97 Å². The molecule has 3 amide bonds. The number of nitrogens with two attached hydrogens (primary N) is 5. The summed E-state index contributed by atoms with van der Waals surface area (Å²) in [4.78, 5) is 54.4. The molecule has 14 nitrogen and oxygen atoms in total. The summed E-state index contributed by atoms with van der Waals surface area (Å²) >= 11 is 0. The summed E-state index contributed by atoms with van der Waals surface area (Å²) in [5.74, 6) is -2.80. The number of carboxylic acid groups (broad SMARTS) is 1. The first-order valence-corrected chi connectivity index (χ1v) is 13.3. The lowest BCUT2D eigenvalue weighted by molar-refractivity contribution is -0.142. The summed E-state index contributed by atoms with van der Waals surface area (Å²) in [6.45, 7) is 4.92. The lowest BCUT2D eigenvalue weighted by Crippen LogP contribution is -2.57. The van der Waals surface area contributed by atoms with Gasteiger partial charge in [-0.2, -0.15) is 0 Å². The van der Waals surface area contributed by atoms with Crippen LogP contribution in [0.1, 0.15) is 71.6 Å². The average Bonchev–Trinajstić information content (AvgIpc) is 2.83. The van der Waals surface area contributed by atoms with E-state index in [9.17, 15) is 24.3 Å². The van der Waals surface area contributed by atoms with Crippen molar-refractivity contribution in [1.29, 1.82) is 0 Å². The number of carbonyl (C=O) groups is 4. The molecule has 4 unspecified atom stereocenters. The third kappa shape index (κ3) is 16.0. The lowest BCUT2D eigenvalue weighted by atomic mass is 10.0. The van der Waals surface area contributed by atoms with Crippen LogP contribution in [0.25, 0.3) is 0 Å². The van der Waals surface area contributed by atoms with Crippen LogP contribution in [0, 0.1) is 5.92 Å². The minimum absolute atomic E-state index is 0.0901. The highest BCUT2D eigenvalue weighted by Gasteiger charge is 2.30. The number of carboxylic acids is 1. The van der Waals surface area contributed by atoms with Crippen LogP contribution < -0.4 is 44.6 Å². The van der Waals surface area contributed by atoms with Crippen molar-refractivity contribution in [3.05, 3.63) is 0 Å². The second-order valence-corrected chi connectivity index (χ2v) is 9.78. The molecule has 0 aromatic rings. The number of aliphatic imine (C=N–C) groups is 1. The molecule has 38 heavy (non-hydrogen) atoms. The monoisotopic (exact) mass is 543 g/mol. The predicted molar refractivity (Wildman–Crippen MR) is 147 cm³/mol. The molecule has 0 heterocycles. The molecule has 0 saturated heterocycles. The Morgan fingerprint density at radius 3 is 1.61 bits per heavy atom. The fourth-order valence-electron chi connectivity index (χ4n) is 3.72. The summed E-state index contributed by atoms with van der Waals surface area (Å²) in [7, 11) is 0. The van der Waals surface area contributed by atoms with Crippen LogP contribution in [0.3, 0.4) is 0 Å². The smallest absolute Gasteiger partial charge is 0.326 e. The van der Waals surface area contributed by atoms with Crippen LogP contribution >= 0.6 is 0 Å². The van der Waals surface area contributed by atoms with Crippen molar-refractivity contribution in [3.63, 3.8) is 0 Å². The number of guanidine groups is 1. The van der Waals surface area contributed by atoms with Gasteiger partial charge in [0.15, 0.2) is 5.96 Å². The normalized spacial score (nSPS) is 14.2. The Bertz CT molecular complexity index is 760. The fourth-order valence-corrected chi connectivity index (χ4v) is 3.72. The lowest BCUT2D eigenvalue weighted by Gasteiger charge is -2.25. The Balaban J connectivity index is 5.51. The maximum Gasteiger partial charge on any atom is 0.326 e. The van der Waals surface area contributed by atoms with Crippen LogP contribution in [-0.4, -0.2) is 78.6 Å². The topological polar surface area (TPSA) is 267 Å². The highest BCUT2D eigenvalue weighted by Crippen LogP contribution is 2.08. The molecule has 0 rings (SSSR count). The fraction of sp³-hybridized carbons (Fsp3) is 0.792. The molecule has 220 valence electrons. The van der Waals surface area contributed by atoms with Gasteiger partial charge in [0, 0.05) is 6.54 Å². The first-order chi connectivity index (χ1) is 17.9. The third-order valence-electron chi connectivity index (χ3n) is 5.78. The molecule has 0 aliphatic carbocycles. The van der Waals surface area contributed by atoms with Gasteiger partial charge in [0.25, 0.3) is 0 Å². The largest absolute Gasteiger partial charge is 0.480 e. The van der Waals surface area contributed by atoms with E-state index in [1.807, 2.05) is 13.8 Å². The molecular formula is C24H49N9O5. The standard InChI is InChI=1S/C24H49N9O5/c1-15(2)14-16(27)20(34)31-17(8-3-5-11-25)21(35)32-18(9-4-6-12-26)22(36)33-19(23(37)38)10-7-13-30-24(28)29/h15-19H,3-14,25-27H2,1-2H3,(H,31,34)(H,32,35)(H,33,36)(H,37,38)(H4,28,29,30). The van der Waals surface area contributed by atoms with Gasteiger partial charge in [-0.25, -0.2) is 4.79 Å². The maximum atomic E-state index is 13.2. The zero-order valence-electron chi connectivity index (χ0n) is 22.8. The molecular weight excluding hydrogens is 494 g/mol. The van der Waals surface area contributed by atoms with Gasteiger partial charge < -0.3 is 49.7 Å². The van der Waals surface area contributed by atoms with E-state index in [4.69, 9.17) is 28.7 Å². The molecule has 14 N–H and O–H groups in total. The zero-order chi connectivity index (χ0) is 29.1. The first-order valence-electron chi connectivity index (χ1n) is 13.3. The summed E-state index contributed by atoms with van der Waals surface area (Å²) in [6.07, 6.45) is 3.79. The molecule has 0 aromatic carbocycles. The molecule has 0 aromatic heterocycles. The minimum Gasteiger partial charge on any atom is -0.480 e. The van der Waals surface area contributed by atoms with Crippen molar-refractivity contribution >= 4 is 29.7 Å². The Kier molecular flexibility index (Phi) is 18.5. The molecule has 0 aliphatic heterocycles. The van der Waals surface area contributed by atoms with E-state index in [2.05, 4.69) is 20.9 Å². The molecule has 14 heteroatoms. The van der Waals surface area contributed by atoms with Gasteiger partial charge in [-0.1, -0.05) is 13.8 Å². The molecule has 0 radical (unpaired) electrons. The van der Waals surface area contributed by atoms with E-state index in [-0.39, 0.29) is 31.3 Å².